The number of aromatic amines is 1. The van der Waals surface area contributed by atoms with Gasteiger partial charge in [0.05, 0.1) is 22.3 Å². The van der Waals surface area contributed by atoms with Crippen molar-refractivity contribution in [2.75, 3.05) is 13.1 Å². The molecule has 0 unspecified atom stereocenters. The topological polar surface area (TPSA) is 97.0 Å². The van der Waals surface area contributed by atoms with E-state index in [9.17, 15) is 9.59 Å². The van der Waals surface area contributed by atoms with Crippen molar-refractivity contribution in [2.24, 2.45) is 5.73 Å². The minimum absolute atomic E-state index is 0.104. The highest BCUT2D eigenvalue weighted by Gasteiger charge is 2.26. The van der Waals surface area contributed by atoms with Crippen molar-refractivity contribution in [3.05, 3.63) is 40.4 Å². The van der Waals surface area contributed by atoms with Crippen molar-refractivity contribution in [2.45, 2.75) is 18.9 Å². The second-order valence-corrected chi connectivity index (χ2v) is 6.24. The molecular formula is C14H16BrN5O2. The van der Waals surface area contributed by atoms with Gasteiger partial charge in [-0.2, -0.15) is 5.10 Å². The predicted molar refractivity (Wildman–Crippen MR) is 83.4 cm³/mol. The summed E-state index contributed by atoms with van der Waals surface area (Å²) in [5.41, 5.74) is 5.91. The number of amides is 2. The van der Waals surface area contributed by atoms with E-state index in [2.05, 4.69) is 26.0 Å². The molecule has 2 amide bonds. The van der Waals surface area contributed by atoms with Crippen molar-refractivity contribution in [3.63, 3.8) is 0 Å². The van der Waals surface area contributed by atoms with Crippen LogP contribution in [0.15, 0.2) is 29.1 Å². The Morgan fingerprint density at radius 3 is 2.64 bits per heavy atom. The first-order valence-corrected chi connectivity index (χ1v) is 7.81. The Morgan fingerprint density at radius 2 is 2.09 bits per heavy atom. The maximum absolute atomic E-state index is 12.4. The van der Waals surface area contributed by atoms with E-state index in [1.807, 2.05) is 10.9 Å². The van der Waals surface area contributed by atoms with Crippen LogP contribution in [0.5, 0.6) is 0 Å². The minimum Gasteiger partial charge on any atom is -0.366 e. The Hall–Kier alpha value is -2.09. The third-order valence-electron chi connectivity index (χ3n) is 3.89. The molecule has 3 N–H and O–H groups in total. The molecule has 0 aromatic carbocycles. The molecule has 2 aromatic heterocycles. The summed E-state index contributed by atoms with van der Waals surface area (Å²) in [5.74, 6) is -0.647. The Bertz CT molecular complexity index is 700. The first-order chi connectivity index (χ1) is 10.5. The van der Waals surface area contributed by atoms with Gasteiger partial charge in [0, 0.05) is 25.5 Å². The third-order valence-corrected chi connectivity index (χ3v) is 4.30. The number of hydrogen-bond acceptors (Lipinski definition) is 3. The molecule has 1 saturated heterocycles. The number of carbonyl (C=O) groups excluding carboxylic acids is 2. The molecule has 1 fully saturated rings. The van der Waals surface area contributed by atoms with Crippen LogP contribution >= 0.6 is 15.9 Å². The van der Waals surface area contributed by atoms with Gasteiger partial charge in [-0.25, -0.2) is 0 Å². The number of aromatic nitrogens is 3. The normalized spacial score (nSPS) is 16.0. The standard InChI is InChI=1S/C14H16BrN5O2/c15-10-7-18-20(8-10)11-1-3-19(4-2-11)14(22)12-5-9(6-17-12)13(16)21/h5-8,11,17H,1-4H2,(H2,16,21). The number of halogens is 1. The first-order valence-electron chi connectivity index (χ1n) is 7.02. The van der Waals surface area contributed by atoms with Gasteiger partial charge in [0.15, 0.2) is 0 Å². The largest absolute Gasteiger partial charge is 0.366 e. The number of nitrogens with one attached hydrogen (secondary N) is 1. The van der Waals surface area contributed by atoms with Crippen molar-refractivity contribution in [1.29, 1.82) is 0 Å². The van der Waals surface area contributed by atoms with Crippen molar-refractivity contribution < 1.29 is 9.59 Å². The molecule has 3 rings (SSSR count). The lowest BCUT2D eigenvalue weighted by molar-refractivity contribution is 0.0684. The molecule has 0 saturated carbocycles. The highest BCUT2D eigenvalue weighted by Crippen LogP contribution is 2.24. The Morgan fingerprint density at radius 1 is 1.36 bits per heavy atom. The number of hydrogen-bond donors (Lipinski definition) is 2. The molecule has 3 heterocycles. The molecule has 116 valence electrons. The number of H-pyrrole nitrogens is 1. The molecule has 0 spiro atoms. The summed E-state index contributed by atoms with van der Waals surface area (Å²) in [4.78, 5) is 28.1. The molecule has 7 nitrogen and oxygen atoms in total. The van der Waals surface area contributed by atoms with Crippen LogP contribution in [-0.4, -0.2) is 44.6 Å². The Kier molecular flexibility index (Phi) is 4.02. The number of piperidine rings is 1. The van der Waals surface area contributed by atoms with Gasteiger partial charge in [0.2, 0.25) is 5.91 Å². The zero-order chi connectivity index (χ0) is 15.7. The van der Waals surface area contributed by atoms with E-state index in [1.54, 1.807) is 11.1 Å². The molecule has 0 atom stereocenters. The van der Waals surface area contributed by atoms with Crippen LogP contribution in [-0.2, 0) is 0 Å². The molecule has 8 heteroatoms. The molecule has 0 aliphatic carbocycles. The van der Waals surface area contributed by atoms with Crippen LogP contribution in [0, 0.1) is 0 Å². The van der Waals surface area contributed by atoms with Gasteiger partial charge in [-0.1, -0.05) is 0 Å². The summed E-state index contributed by atoms with van der Waals surface area (Å²) < 4.78 is 2.89. The maximum Gasteiger partial charge on any atom is 0.270 e. The average Bonchev–Trinajstić information content (AvgIpc) is 3.16. The Balaban J connectivity index is 1.63. The molecule has 1 aliphatic rings. The van der Waals surface area contributed by atoms with Gasteiger partial charge in [0.1, 0.15) is 5.69 Å². The summed E-state index contributed by atoms with van der Waals surface area (Å²) in [6, 6.07) is 1.81. The quantitative estimate of drug-likeness (QED) is 0.863. The third kappa shape index (κ3) is 2.92. The van der Waals surface area contributed by atoms with Gasteiger partial charge in [-0.05, 0) is 34.8 Å². The van der Waals surface area contributed by atoms with Crippen LogP contribution in [0.4, 0.5) is 0 Å². The first kappa shape index (κ1) is 14.8. The second kappa shape index (κ2) is 5.96. The summed E-state index contributed by atoms with van der Waals surface area (Å²) >= 11 is 3.39. The number of primary amides is 1. The van der Waals surface area contributed by atoms with Gasteiger partial charge < -0.3 is 15.6 Å². The van der Waals surface area contributed by atoms with E-state index in [4.69, 9.17) is 5.73 Å². The fourth-order valence-electron chi connectivity index (χ4n) is 2.68. The predicted octanol–water partition coefficient (Wildman–Crippen LogP) is 1.55. The monoisotopic (exact) mass is 365 g/mol. The fraction of sp³-hybridized carbons (Fsp3) is 0.357. The van der Waals surface area contributed by atoms with Crippen LogP contribution in [0.1, 0.15) is 39.7 Å². The second-order valence-electron chi connectivity index (χ2n) is 5.33. The number of carbonyl (C=O) groups is 2. The van der Waals surface area contributed by atoms with E-state index in [0.29, 0.717) is 30.4 Å². The summed E-state index contributed by atoms with van der Waals surface area (Å²) in [7, 11) is 0. The van der Waals surface area contributed by atoms with Crippen LogP contribution in [0.2, 0.25) is 0 Å². The fourth-order valence-corrected chi connectivity index (χ4v) is 2.98. The van der Waals surface area contributed by atoms with E-state index in [0.717, 1.165) is 17.3 Å². The Labute approximate surface area is 135 Å². The van der Waals surface area contributed by atoms with Crippen LogP contribution < -0.4 is 5.73 Å². The summed E-state index contributed by atoms with van der Waals surface area (Å²) in [6.07, 6.45) is 6.88. The number of likely N-dealkylation sites (tertiary alicyclic amines) is 1. The van der Waals surface area contributed by atoms with E-state index >= 15 is 0 Å². The van der Waals surface area contributed by atoms with Gasteiger partial charge in [-0.15, -0.1) is 0 Å². The smallest absolute Gasteiger partial charge is 0.270 e. The van der Waals surface area contributed by atoms with Crippen LogP contribution in [0.3, 0.4) is 0 Å². The average molecular weight is 366 g/mol. The van der Waals surface area contributed by atoms with Crippen LogP contribution in [0.25, 0.3) is 0 Å². The summed E-state index contributed by atoms with van der Waals surface area (Å²) in [5, 5.41) is 4.30. The van der Waals surface area contributed by atoms with E-state index in [-0.39, 0.29) is 5.91 Å². The van der Waals surface area contributed by atoms with Gasteiger partial charge >= 0.3 is 0 Å². The van der Waals surface area contributed by atoms with Crippen molar-refractivity contribution >= 4 is 27.7 Å². The van der Waals surface area contributed by atoms with E-state index < -0.39 is 5.91 Å². The lowest BCUT2D eigenvalue weighted by Crippen LogP contribution is -2.39. The lowest BCUT2D eigenvalue weighted by atomic mass is 10.0. The van der Waals surface area contributed by atoms with Crippen molar-refractivity contribution in [1.82, 2.24) is 19.7 Å². The number of rotatable bonds is 3. The number of nitrogens with zero attached hydrogens (tertiary/aromatic N) is 3. The molecule has 0 bridgehead atoms. The lowest BCUT2D eigenvalue weighted by Gasteiger charge is -2.31. The molecule has 22 heavy (non-hydrogen) atoms. The van der Waals surface area contributed by atoms with Gasteiger partial charge in [-0.3, -0.25) is 14.3 Å². The minimum atomic E-state index is -0.543. The van der Waals surface area contributed by atoms with E-state index in [1.165, 1.54) is 12.3 Å². The molecule has 2 aromatic rings. The highest BCUT2D eigenvalue weighted by molar-refractivity contribution is 9.10. The zero-order valence-electron chi connectivity index (χ0n) is 11.8. The maximum atomic E-state index is 12.4. The summed E-state index contributed by atoms with van der Waals surface area (Å²) in [6.45, 7) is 1.32. The zero-order valence-corrected chi connectivity index (χ0v) is 13.4. The van der Waals surface area contributed by atoms with Gasteiger partial charge in [0.25, 0.3) is 5.91 Å². The van der Waals surface area contributed by atoms with Crippen molar-refractivity contribution in [3.8, 4) is 0 Å². The SMILES string of the molecule is NC(=O)c1c[nH]c(C(=O)N2CCC(n3cc(Br)cn3)CC2)c1. The molecular weight excluding hydrogens is 350 g/mol. The molecule has 0 radical (unpaired) electrons. The highest BCUT2D eigenvalue weighted by atomic mass is 79.9. The number of nitrogens with two attached hydrogens (primary N) is 1. The molecule has 1 aliphatic heterocycles.